The summed E-state index contributed by atoms with van der Waals surface area (Å²) in [5.74, 6) is 0. The van der Waals surface area contributed by atoms with Crippen LogP contribution in [0.25, 0.3) is 16.9 Å². The van der Waals surface area contributed by atoms with Gasteiger partial charge in [0.25, 0.3) is 0 Å². The van der Waals surface area contributed by atoms with Crippen LogP contribution in [-0.4, -0.2) is 24.7 Å². The van der Waals surface area contributed by atoms with Crippen molar-refractivity contribution in [1.82, 2.24) is 24.7 Å². The van der Waals surface area contributed by atoms with Crippen LogP contribution in [0.4, 0.5) is 0 Å². The molecule has 0 radical (unpaired) electrons. The summed E-state index contributed by atoms with van der Waals surface area (Å²) in [7, 11) is 0. The van der Waals surface area contributed by atoms with Crippen LogP contribution < -0.4 is 5.56 Å². The zero-order valence-corrected chi connectivity index (χ0v) is 11.4. The summed E-state index contributed by atoms with van der Waals surface area (Å²) in [4.78, 5) is 21.5. The first-order chi connectivity index (χ1) is 9.63. The number of halogens is 2. The van der Waals surface area contributed by atoms with E-state index < -0.39 is 0 Å². The van der Waals surface area contributed by atoms with Gasteiger partial charge in [-0.1, -0.05) is 11.6 Å². The summed E-state index contributed by atoms with van der Waals surface area (Å²) in [6, 6.07) is 3.08. The lowest BCUT2D eigenvalue weighted by atomic mass is 10.2. The second-order valence-electron chi connectivity index (χ2n) is 3.92. The summed E-state index contributed by atoms with van der Waals surface area (Å²) in [6.07, 6.45) is 6.34. The van der Waals surface area contributed by atoms with Crippen LogP contribution in [0.2, 0.25) is 10.3 Å². The van der Waals surface area contributed by atoms with Crippen molar-refractivity contribution in [3.63, 3.8) is 0 Å². The number of hydrogen-bond donors (Lipinski definition) is 1. The van der Waals surface area contributed by atoms with E-state index in [1.54, 1.807) is 29.3 Å². The van der Waals surface area contributed by atoms with Gasteiger partial charge in [0.05, 0.1) is 28.8 Å². The molecule has 0 aliphatic rings. The highest BCUT2D eigenvalue weighted by molar-refractivity contribution is 6.33. The van der Waals surface area contributed by atoms with E-state index in [-0.39, 0.29) is 10.8 Å². The van der Waals surface area contributed by atoms with Gasteiger partial charge < -0.3 is 4.98 Å². The lowest BCUT2D eigenvalue weighted by Gasteiger charge is -2.00. The Hall–Kier alpha value is -2.18. The van der Waals surface area contributed by atoms with Gasteiger partial charge in [0, 0.05) is 24.0 Å². The van der Waals surface area contributed by atoms with Crippen LogP contribution in [0, 0.1) is 0 Å². The molecule has 0 bridgehead atoms. The maximum atomic E-state index is 11.0. The summed E-state index contributed by atoms with van der Waals surface area (Å²) >= 11 is 11.8. The van der Waals surface area contributed by atoms with Crippen LogP contribution in [0.3, 0.4) is 0 Å². The molecule has 0 aliphatic carbocycles. The summed E-state index contributed by atoms with van der Waals surface area (Å²) in [5.41, 5.74) is 1.74. The fourth-order valence-electron chi connectivity index (χ4n) is 1.68. The lowest BCUT2D eigenvalue weighted by Crippen LogP contribution is -2.04. The molecule has 8 heteroatoms. The average Bonchev–Trinajstić information content (AvgIpc) is 2.92. The highest BCUT2D eigenvalue weighted by atomic mass is 35.5. The Balaban J connectivity index is 2.04. The largest absolute Gasteiger partial charge is 0.327 e. The molecule has 0 spiro atoms. The minimum absolute atomic E-state index is 0.112. The Morgan fingerprint density at radius 1 is 1.20 bits per heavy atom. The molecule has 0 saturated heterocycles. The number of aromatic amines is 1. The molecule has 20 heavy (non-hydrogen) atoms. The van der Waals surface area contributed by atoms with E-state index in [9.17, 15) is 4.79 Å². The van der Waals surface area contributed by atoms with Gasteiger partial charge in [0.2, 0.25) is 10.8 Å². The fourth-order valence-corrected chi connectivity index (χ4v) is 2.01. The lowest BCUT2D eigenvalue weighted by molar-refractivity contribution is 0.872. The second-order valence-corrected chi connectivity index (χ2v) is 4.67. The number of hydrogen-bond acceptors (Lipinski definition) is 4. The molecule has 0 aliphatic heterocycles. The van der Waals surface area contributed by atoms with Gasteiger partial charge in [-0.3, -0.25) is 4.79 Å². The number of aromatic nitrogens is 5. The molecular weight excluding hydrogens is 301 g/mol. The highest BCUT2D eigenvalue weighted by Crippen LogP contribution is 2.26. The van der Waals surface area contributed by atoms with Gasteiger partial charge in [0.1, 0.15) is 0 Å². The quantitative estimate of drug-likeness (QED) is 0.737. The third-order valence-electron chi connectivity index (χ3n) is 2.60. The molecule has 3 rings (SSSR count). The van der Waals surface area contributed by atoms with Crippen molar-refractivity contribution in [3.05, 3.63) is 57.6 Å². The van der Waals surface area contributed by atoms with E-state index in [4.69, 9.17) is 23.2 Å². The van der Waals surface area contributed by atoms with Gasteiger partial charge in [-0.05, 0) is 17.7 Å². The van der Waals surface area contributed by atoms with Crippen LogP contribution >= 0.6 is 23.2 Å². The number of rotatable bonds is 2. The van der Waals surface area contributed by atoms with Gasteiger partial charge in [-0.2, -0.15) is 5.10 Å². The van der Waals surface area contributed by atoms with E-state index >= 15 is 0 Å². The van der Waals surface area contributed by atoms with Crippen molar-refractivity contribution in [2.24, 2.45) is 0 Å². The molecule has 1 N–H and O–H groups in total. The van der Waals surface area contributed by atoms with E-state index in [2.05, 4.69) is 20.1 Å². The van der Waals surface area contributed by atoms with Crippen LogP contribution in [0.1, 0.15) is 0 Å². The molecule has 0 unspecified atom stereocenters. The highest BCUT2D eigenvalue weighted by Gasteiger charge is 2.10. The van der Waals surface area contributed by atoms with Gasteiger partial charge in [-0.25, -0.2) is 14.6 Å². The Morgan fingerprint density at radius 2 is 2.05 bits per heavy atom. The van der Waals surface area contributed by atoms with E-state index in [0.29, 0.717) is 22.0 Å². The third-order valence-corrected chi connectivity index (χ3v) is 3.06. The Labute approximate surface area is 123 Å². The minimum Gasteiger partial charge on any atom is -0.327 e. The van der Waals surface area contributed by atoms with Crippen LogP contribution in [0.15, 0.2) is 41.7 Å². The smallest absolute Gasteiger partial charge is 0.248 e. The number of nitrogens with zero attached hydrogens (tertiary/aromatic N) is 4. The minimum atomic E-state index is -0.174. The van der Waals surface area contributed by atoms with Crippen LogP contribution in [0.5, 0.6) is 0 Å². The molecule has 0 aromatic carbocycles. The monoisotopic (exact) mass is 307 g/mol. The van der Waals surface area contributed by atoms with Crippen molar-refractivity contribution in [3.8, 4) is 16.9 Å². The summed E-state index contributed by atoms with van der Waals surface area (Å²) < 4.78 is 1.59. The van der Waals surface area contributed by atoms with Gasteiger partial charge in [-0.15, -0.1) is 0 Å². The molecular formula is C12H7Cl2N5O. The molecule has 3 aromatic heterocycles. The van der Waals surface area contributed by atoms with Crippen molar-refractivity contribution >= 4 is 23.2 Å². The predicted octanol–water partition coefficient (Wildman–Crippen LogP) is 2.32. The van der Waals surface area contributed by atoms with Crippen molar-refractivity contribution in [2.75, 3.05) is 0 Å². The standard InChI is InChI=1S/C12H7Cl2N5O/c13-9-5-16-12(14)18-11(9)7-3-17-19(6-7)8-1-2-10(20)15-4-8/h1-6H,(H,15,20). The number of nitrogens with one attached hydrogen (secondary N) is 1. The first-order valence-electron chi connectivity index (χ1n) is 5.56. The zero-order chi connectivity index (χ0) is 14.1. The van der Waals surface area contributed by atoms with Crippen molar-refractivity contribution in [2.45, 2.75) is 0 Å². The molecule has 0 atom stereocenters. The van der Waals surface area contributed by atoms with Crippen molar-refractivity contribution < 1.29 is 0 Å². The second kappa shape index (κ2) is 5.07. The summed E-state index contributed by atoms with van der Waals surface area (Å²) in [6.45, 7) is 0. The number of H-pyrrole nitrogens is 1. The van der Waals surface area contributed by atoms with Gasteiger partial charge >= 0.3 is 0 Å². The first-order valence-corrected chi connectivity index (χ1v) is 6.31. The molecule has 6 nitrogen and oxygen atoms in total. The van der Waals surface area contributed by atoms with E-state index in [1.165, 1.54) is 12.3 Å². The summed E-state index contributed by atoms with van der Waals surface area (Å²) in [5, 5.41) is 4.69. The van der Waals surface area contributed by atoms with E-state index in [0.717, 1.165) is 0 Å². The van der Waals surface area contributed by atoms with Gasteiger partial charge in [0.15, 0.2) is 0 Å². The maximum Gasteiger partial charge on any atom is 0.248 e. The topological polar surface area (TPSA) is 76.5 Å². The normalized spacial score (nSPS) is 10.7. The molecule has 0 fully saturated rings. The Morgan fingerprint density at radius 3 is 2.80 bits per heavy atom. The SMILES string of the molecule is O=c1ccc(-n2cc(-c3nc(Cl)ncc3Cl)cn2)c[nH]1. The first kappa shape index (κ1) is 12.8. The molecule has 0 saturated carbocycles. The fraction of sp³-hybridized carbons (Fsp3) is 0. The average molecular weight is 308 g/mol. The van der Waals surface area contributed by atoms with Crippen LogP contribution in [-0.2, 0) is 0 Å². The zero-order valence-electron chi connectivity index (χ0n) is 9.92. The molecule has 3 aromatic rings. The molecule has 3 heterocycles. The predicted molar refractivity (Wildman–Crippen MR) is 75.2 cm³/mol. The Bertz CT molecular complexity index is 806. The molecule has 0 amide bonds. The molecule has 100 valence electrons. The maximum absolute atomic E-state index is 11.0. The van der Waals surface area contributed by atoms with Crippen molar-refractivity contribution in [1.29, 1.82) is 0 Å². The Kier molecular flexibility index (Phi) is 3.25. The van der Waals surface area contributed by atoms with E-state index in [1.807, 2.05) is 0 Å². The third kappa shape index (κ3) is 2.43. The number of pyridine rings is 1.